The summed E-state index contributed by atoms with van der Waals surface area (Å²) in [5.74, 6) is -1.62. The molecule has 1 aromatic carbocycles. The van der Waals surface area contributed by atoms with E-state index in [1.54, 1.807) is 17.4 Å². The van der Waals surface area contributed by atoms with E-state index in [4.69, 9.17) is 0 Å². The number of thiophene rings is 1. The van der Waals surface area contributed by atoms with Crippen molar-refractivity contribution in [2.45, 2.75) is 12.8 Å². The zero-order valence-electron chi connectivity index (χ0n) is 10.6. The van der Waals surface area contributed by atoms with Gasteiger partial charge in [0.25, 0.3) is 5.91 Å². The molecule has 20 heavy (non-hydrogen) atoms. The van der Waals surface area contributed by atoms with Gasteiger partial charge in [0.1, 0.15) is 5.82 Å². The predicted octanol–water partition coefficient (Wildman–Crippen LogP) is 2.28. The van der Waals surface area contributed by atoms with Crippen molar-refractivity contribution in [2.75, 3.05) is 0 Å². The number of rotatable bonds is 4. The van der Waals surface area contributed by atoms with Gasteiger partial charge in [0.15, 0.2) is 0 Å². The zero-order valence-corrected chi connectivity index (χ0v) is 11.4. The van der Waals surface area contributed by atoms with E-state index in [0.717, 1.165) is 4.88 Å². The minimum absolute atomic E-state index is 0.106. The van der Waals surface area contributed by atoms with Crippen LogP contribution in [0.3, 0.4) is 0 Å². The van der Waals surface area contributed by atoms with Crippen molar-refractivity contribution in [3.63, 3.8) is 0 Å². The van der Waals surface area contributed by atoms with Crippen molar-refractivity contribution in [3.8, 4) is 0 Å². The number of aryl methyl sites for hydroxylation is 1. The van der Waals surface area contributed by atoms with Crippen LogP contribution in [-0.4, -0.2) is 11.8 Å². The smallest absolute Gasteiger partial charge is 0.272 e. The first-order chi connectivity index (χ1) is 9.66. The van der Waals surface area contributed by atoms with E-state index in [-0.39, 0.29) is 17.9 Å². The normalized spacial score (nSPS) is 10.1. The number of benzene rings is 1. The summed E-state index contributed by atoms with van der Waals surface area (Å²) < 4.78 is 13.3. The van der Waals surface area contributed by atoms with Gasteiger partial charge in [-0.3, -0.25) is 20.4 Å². The zero-order chi connectivity index (χ0) is 14.4. The fourth-order valence-electron chi connectivity index (χ4n) is 1.59. The fourth-order valence-corrected chi connectivity index (χ4v) is 2.30. The highest BCUT2D eigenvalue weighted by Crippen LogP contribution is 2.10. The second-order valence-corrected chi connectivity index (χ2v) is 5.09. The highest BCUT2D eigenvalue weighted by molar-refractivity contribution is 7.09. The monoisotopic (exact) mass is 292 g/mol. The maximum atomic E-state index is 13.3. The van der Waals surface area contributed by atoms with Crippen LogP contribution in [0.25, 0.3) is 0 Å². The Bertz CT molecular complexity index is 599. The third-order valence-electron chi connectivity index (χ3n) is 2.61. The van der Waals surface area contributed by atoms with Crippen LogP contribution in [0.15, 0.2) is 41.8 Å². The van der Waals surface area contributed by atoms with Crippen LogP contribution in [0.2, 0.25) is 0 Å². The van der Waals surface area contributed by atoms with E-state index in [1.807, 2.05) is 17.5 Å². The van der Waals surface area contributed by atoms with E-state index in [1.165, 1.54) is 18.2 Å². The van der Waals surface area contributed by atoms with Gasteiger partial charge in [-0.25, -0.2) is 4.39 Å². The molecule has 2 aromatic rings. The topological polar surface area (TPSA) is 58.2 Å². The highest BCUT2D eigenvalue weighted by atomic mass is 32.1. The summed E-state index contributed by atoms with van der Waals surface area (Å²) in [5, 5.41) is 1.94. The molecule has 2 amide bonds. The molecule has 0 radical (unpaired) electrons. The standard InChI is InChI=1S/C14H13FN2O2S/c15-12-6-2-1-5-11(12)14(19)17-16-13(18)8-7-10-4-3-9-20-10/h1-6,9H,7-8H2,(H,16,18)(H,17,19). The summed E-state index contributed by atoms with van der Waals surface area (Å²) in [6.45, 7) is 0. The van der Waals surface area contributed by atoms with Crippen molar-refractivity contribution in [3.05, 3.63) is 58.0 Å². The van der Waals surface area contributed by atoms with Gasteiger partial charge in [0.2, 0.25) is 5.91 Å². The molecule has 0 aliphatic carbocycles. The Kier molecular flexibility index (Phi) is 4.84. The Hall–Kier alpha value is -2.21. The van der Waals surface area contributed by atoms with Crippen LogP contribution in [0, 0.1) is 5.82 Å². The van der Waals surface area contributed by atoms with Crippen LogP contribution in [0.5, 0.6) is 0 Å². The second kappa shape index (κ2) is 6.81. The first-order valence-corrected chi connectivity index (χ1v) is 6.91. The number of carbonyl (C=O) groups excluding carboxylic acids is 2. The van der Waals surface area contributed by atoms with Gasteiger partial charge in [-0.05, 0) is 30.0 Å². The Labute approximate surface area is 119 Å². The van der Waals surface area contributed by atoms with Gasteiger partial charge in [0.05, 0.1) is 5.56 Å². The number of hydrazine groups is 1. The molecule has 0 fully saturated rings. The Morgan fingerprint density at radius 2 is 1.90 bits per heavy atom. The van der Waals surface area contributed by atoms with E-state index in [2.05, 4.69) is 10.9 Å². The molecule has 2 N–H and O–H groups in total. The van der Waals surface area contributed by atoms with Crippen LogP contribution in [0.1, 0.15) is 21.7 Å². The molecule has 6 heteroatoms. The van der Waals surface area contributed by atoms with Crippen molar-refractivity contribution >= 4 is 23.2 Å². The average molecular weight is 292 g/mol. The Morgan fingerprint density at radius 1 is 1.10 bits per heavy atom. The van der Waals surface area contributed by atoms with Gasteiger partial charge >= 0.3 is 0 Å². The minimum Gasteiger partial charge on any atom is -0.273 e. The summed E-state index contributed by atoms with van der Waals surface area (Å²) >= 11 is 1.57. The summed E-state index contributed by atoms with van der Waals surface area (Å²) in [4.78, 5) is 24.3. The Balaban J connectivity index is 1.78. The molecule has 1 heterocycles. The van der Waals surface area contributed by atoms with Crippen molar-refractivity contribution in [1.29, 1.82) is 0 Å². The number of nitrogens with one attached hydrogen (secondary N) is 2. The molecule has 0 atom stereocenters. The lowest BCUT2D eigenvalue weighted by molar-refractivity contribution is -0.121. The van der Waals surface area contributed by atoms with Gasteiger partial charge in [-0.2, -0.15) is 0 Å². The van der Waals surface area contributed by atoms with Crippen LogP contribution < -0.4 is 10.9 Å². The lowest BCUT2D eigenvalue weighted by Crippen LogP contribution is -2.42. The van der Waals surface area contributed by atoms with E-state index in [0.29, 0.717) is 6.42 Å². The van der Waals surface area contributed by atoms with E-state index >= 15 is 0 Å². The fraction of sp³-hybridized carbons (Fsp3) is 0.143. The van der Waals surface area contributed by atoms with Crippen molar-refractivity contribution in [2.24, 2.45) is 0 Å². The summed E-state index contributed by atoms with van der Waals surface area (Å²) in [6.07, 6.45) is 0.872. The Morgan fingerprint density at radius 3 is 2.60 bits per heavy atom. The molecule has 1 aromatic heterocycles. The van der Waals surface area contributed by atoms with Crippen LogP contribution >= 0.6 is 11.3 Å². The minimum atomic E-state index is -0.674. The molecule has 0 saturated heterocycles. The van der Waals surface area contributed by atoms with Gasteiger partial charge in [0, 0.05) is 11.3 Å². The van der Waals surface area contributed by atoms with Crippen molar-refractivity contribution < 1.29 is 14.0 Å². The first kappa shape index (κ1) is 14.2. The van der Waals surface area contributed by atoms with Gasteiger partial charge in [-0.15, -0.1) is 11.3 Å². The summed E-state index contributed by atoms with van der Waals surface area (Å²) in [7, 11) is 0. The molecule has 0 bridgehead atoms. The molecule has 0 aliphatic heterocycles. The average Bonchev–Trinajstić information content (AvgIpc) is 2.96. The third kappa shape index (κ3) is 3.89. The molecular weight excluding hydrogens is 279 g/mol. The lowest BCUT2D eigenvalue weighted by atomic mass is 10.2. The lowest BCUT2D eigenvalue weighted by Gasteiger charge is -2.07. The number of hydrogen-bond acceptors (Lipinski definition) is 3. The molecule has 104 valence electrons. The number of halogens is 1. The molecule has 0 unspecified atom stereocenters. The van der Waals surface area contributed by atoms with E-state index in [9.17, 15) is 14.0 Å². The van der Waals surface area contributed by atoms with Crippen LogP contribution in [-0.2, 0) is 11.2 Å². The molecule has 0 aliphatic rings. The molecule has 0 saturated carbocycles. The first-order valence-electron chi connectivity index (χ1n) is 6.03. The number of amides is 2. The van der Waals surface area contributed by atoms with Gasteiger partial charge < -0.3 is 0 Å². The molecular formula is C14H13FN2O2S. The van der Waals surface area contributed by atoms with Crippen molar-refractivity contribution in [1.82, 2.24) is 10.9 Å². The summed E-state index contributed by atoms with van der Waals surface area (Å²) in [6, 6.07) is 9.44. The van der Waals surface area contributed by atoms with E-state index < -0.39 is 11.7 Å². The third-order valence-corrected chi connectivity index (χ3v) is 3.55. The van der Waals surface area contributed by atoms with Crippen LogP contribution in [0.4, 0.5) is 4.39 Å². The molecule has 4 nitrogen and oxygen atoms in total. The highest BCUT2D eigenvalue weighted by Gasteiger charge is 2.11. The largest absolute Gasteiger partial charge is 0.273 e. The molecule has 2 rings (SSSR count). The van der Waals surface area contributed by atoms with Gasteiger partial charge in [-0.1, -0.05) is 18.2 Å². The second-order valence-electron chi connectivity index (χ2n) is 4.06. The maximum absolute atomic E-state index is 13.3. The maximum Gasteiger partial charge on any atom is 0.272 e. The SMILES string of the molecule is O=C(CCc1cccs1)NNC(=O)c1ccccc1F. The number of hydrogen-bond donors (Lipinski definition) is 2. The molecule has 0 spiro atoms. The predicted molar refractivity (Wildman–Crippen MR) is 74.6 cm³/mol. The quantitative estimate of drug-likeness (QED) is 0.849. The summed E-state index contributed by atoms with van der Waals surface area (Å²) in [5.41, 5.74) is 4.36. The number of carbonyl (C=O) groups is 2.